The predicted octanol–water partition coefficient (Wildman–Crippen LogP) is 5.59. The second-order valence-corrected chi connectivity index (χ2v) is 7.75. The van der Waals surface area contributed by atoms with Crippen LogP contribution in [0.25, 0.3) is 0 Å². The van der Waals surface area contributed by atoms with Crippen LogP contribution in [0, 0.1) is 0 Å². The molecular weight excluding hydrogens is 422 g/mol. The summed E-state index contributed by atoms with van der Waals surface area (Å²) >= 11 is 0. The molecule has 0 aromatic heterocycles. The maximum absolute atomic E-state index is 5.46. The summed E-state index contributed by atoms with van der Waals surface area (Å²) in [6, 6.07) is 26.7. The first-order valence-corrected chi connectivity index (χ1v) is 11.1. The molecule has 176 valence electrons. The lowest BCUT2D eigenvalue weighted by atomic mass is 9.75. The van der Waals surface area contributed by atoms with Gasteiger partial charge in [-0.1, -0.05) is 61.2 Å². The quantitative estimate of drug-likeness (QED) is 0.198. The maximum Gasteiger partial charge on any atom is 0.122 e. The molecule has 0 radical (unpaired) electrons. The number of nitrogens with one attached hydrogen (secondary N) is 1. The van der Waals surface area contributed by atoms with Crippen LogP contribution >= 0.6 is 0 Å². The second-order valence-electron chi connectivity index (χ2n) is 7.75. The Morgan fingerprint density at radius 1 is 0.853 bits per heavy atom. The fourth-order valence-electron chi connectivity index (χ4n) is 4.25. The Balaban J connectivity index is 2.47. The third kappa shape index (κ3) is 4.69. The van der Waals surface area contributed by atoms with Gasteiger partial charge in [-0.15, -0.1) is 0 Å². The monoisotopic (exact) mass is 455 g/mol. The van der Waals surface area contributed by atoms with Crippen LogP contribution < -0.4 is 14.8 Å². The van der Waals surface area contributed by atoms with Gasteiger partial charge >= 0.3 is 0 Å². The fourth-order valence-corrected chi connectivity index (χ4v) is 4.25. The van der Waals surface area contributed by atoms with Gasteiger partial charge in [-0.3, -0.25) is 4.99 Å². The number of benzene rings is 3. The molecule has 0 spiro atoms. The molecule has 0 aliphatic heterocycles. The molecule has 3 aromatic rings. The number of nitrogens with zero attached hydrogens (tertiary/aromatic N) is 2. The summed E-state index contributed by atoms with van der Waals surface area (Å²) in [5, 5.41) is 3.07. The summed E-state index contributed by atoms with van der Waals surface area (Å²) < 4.78 is 10.9. The second kappa shape index (κ2) is 11.2. The van der Waals surface area contributed by atoms with Crippen molar-refractivity contribution in [2.45, 2.75) is 12.5 Å². The molecule has 0 amide bonds. The third-order valence-corrected chi connectivity index (χ3v) is 5.92. The van der Waals surface area contributed by atoms with Crippen LogP contribution in [0.3, 0.4) is 0 Å². The van der Waals surface area contributed by atoms with Crippen molar-refractivity contribution in [2.75, 3.05) is 28.3 Å². The molecule has 5 nitrogen and oxygen atoms in total. The van der Waals surface area contributed by atoms with Crippen molar-refractivity contribution in [3.05, 3.63) is 120 Å². The van der Waals surface area contributed by atoms with E-state index in [1.165, 1.54) is 0 Å². The van der Waals surface area contributed by atoms with Crippen molar-refractivity contribution >= 4 is 5.84 Å². The fraction of sp³-hybridized carbons (Fsp3) is 0.207. The van der Waals surface area contributed by atoms with E-state index in [1.807, 2.05) is 56.6 Å². The minimum atomic E-state index is -0.765. The van der Waals surface area contributed by atoms with Gasteiger partial charge in [0.25, 0.3) is 0 Å². The van der Waals surface area contributed by atoms with Crippen LogP contribution in [0.4, 0.5) is 0 Å². The molecule has 5 heteroatoms. The maximum atomic E-state index is 5.46. The Kier molecular flexibility index (Phi) is 8.14. The molecule has 0 atom stereocenters. The highest BCUT2D eigenvalue weighted by molar-refractivity contribution is 5.84. The van der Waals surface area contributed by atoms with Gasteiger partial charge in [0.1, 0.15) is 22.9 Å². The number of rotatable bonds is 9. The largest absolute Gasteiger partial charge is 0.497 e. The van der Waals surface area contributed by atoms with E-state index in [-0.39, 0.29) is 0 Å². The van der Waals surface area contributed by atoms with Gasteiger partial charge in [-0.05, 0) is 60.2 Å². The van der Waals surface area contributed by atoms with Crippen LogP contribution in [0.1, 0.15) is 23.6 Å². The van der Waals surface area contributed by atoms with Gasteiger partial charge in [-0.25, -0.2) is 0 Å². The normalized spacial score (nSPS) is 11.9. The van der Waals surface area contributed by atoms with Crippen molar-refractivity contribution in [3.63, 3.8) is 0 Å². The number of amidine groups is 1. The van der Waals surface area contributed by atoms with Crippen LogP contribution in [0.2, 0.25) is 0 Å². The van der Waals surface area contributed by atoms with E-state index in [0.29, 0.717) is 0 Å². The van der Waals surface area contributed by atoms with E-state index >= 15 is 0 Å². The summed E-state index contributed by atoms with van der Waals surface area (Å²) in [6.45, 7) is 6.44. The Morgan fingerprint density at radius 2 is 1.32 bits per heavy atom. The lowest BCUT2D eigenvalue weighted by Crippen LogP contribution is -2.49. The molecular formula is C29H33N3O2. The summed E-state index contributed by atoms with van der Waals surface area (Å²) in [5.74, 6) is 2.41. The van der Waals surface area contributed by atoms with Crippen LogP contribution in [-0.2, 0) is 5.54 Å². The van der Waals surface area contributed by atoms with E-state index in [1.54, 1.807) is 21.3 Å². The Labute approximate surface area is 203 Å². The van der Waals surface area contributed by atoms with E-state index in [0.717, 1.165) is 39.7 Å². The molecule has 0 aliphatic rings. The predicted molar refractivity (Wildman–Crippen MR) is 141 cm³/mol. The van der Waals surface area contributed by atoms with Gasteiger partial charge in [0, 0.05) is 19.8 Å². The highest BCUT2D eigenvalue weighted by atomic mass is 16.5. The standard InChI is InChI=1S/C29H33N3O2/c1-22(20-21-30-3)32(23(2)31-4)29(24-10-8-7-9-11-24,25-12-16-27(33-5)17-13-25)26-14-18-28(34-6)19-15-26/h7-21,30H,1H2,2-6H3/b21-20-,31-23+. The molecule has 34 heavy (non-hydrogen) atoms. The molecule has 0 heterocycles. The molecule has 3 aromatic carbocycles. The lowest BCUT2D eigenvalue weighted by molar-refractivity contribution is 0.330. The lowest BCUT2D eigenvalue weighted by Gasteiger charge is -2.47. The van der Waals surface area contributed by atoms with Gasteiger partial charge in [0.15, 0.2) is 0 Å². The van der Waals surface area contributed by atoms with E-state index in [2.05, 4.69) is 70.3 Å². The van der Waals surface area contributed by atoms with Gasteiger partial charge in [0.05, 0.1) is 14.2 Å². The van der Waals surface area contributed by atoms with Crippen molar-refractivity contribution in [1.82, 2.24) is 10.2 Å². The Bertz CT molecular complexity index is 1090. The first-order valence-electron chi connectivity index (χ1n) is 11.1. The van der Waals surface area contributed by atoms with E-state index in [9.17, 15) is 0 Å². The van der Waals surface area contributed by atoms with Crippen LogP contribution in [-0.4, -0.2) is 39.1 Å². The molecule has 0 aliphatic carbocycles. The Hall–Kier alpha value is -3.99. The van der Waals surface area contributed by atoms with E-state index < -0.39 is 5.54 Å². The van der Waals surface area contributed by atoms with Crippen molar-refractivity contribution in [1.29, 1.82) is 0 Å². The molecule has 0 fully saturated rings. The zero-order chi connectivity index (χ0) is 24.6. The van der Waals surface area contributed by atoms with Gasteiger partial charge < -0.3 is 19.7 Å². The molecule has 3 rings (SSSR count). The number of methoxy groups -OCH3 is 2. The summed E-state index contributed by atoms with van der Waals surface area (Å²) in [6.07, 6.45) is 3.83. The van der Waals surface area contributed by atoms with Crippen molar-refractivity contribution in [3.8, 4) is 11.5 Å². The average molecular weight is 456 g/mol. The summed E-state index contributed by atoms with van der Waals surface area (Å²) in [7, 11) is 7.02. The summed E-state index contributed by atoms with van der Waals surface area (Å²) in [4.78, 5) is 6.79. The number of hydrogen-bond donors (Lipinski definition) is 1. The smallest absolute Gasteiger partial charge is 0.122 e. The molecule has 1 N–H and O–H groups in total. The number of hydrogen-bond acceptors (Lipinski definition) is 4. The van der Waals surface area contributed by atoms with Crippen molar-refractivity contribution in [2.24, 2.45) is 4.99 Å². The van der Waals surface area contributed by atoms with Crippen LogP contribution in [0.5, 0.6) is 11.5 Å². The molecule has 0 bridgehead atoms. The van der Waals surface area contributed by atoms with Gasteiger partial charge in [0.2, 0.25) is 0 Å². The summed E-state index contributed by atoms with van der Waals surface area (Å²) in [5.41, 5.74) is 3.19. The van der Waals surface area contributed by atoms with Crippen LogP contribution in [0.15, 0.2) is 108 Å². The highest BCUT2D eigenvalue weighted by Gasteiger charge is 2.44. The highest BCUT2D eigenvalue weighted by Crippen LogP contribution is 2.45. The van der Waals surface area contributed by atoms with Crippen molar-refractivity contribution < 1.29 is 9.47 Å². The molecule has 0 unspecified atom stereocenters. The Morgan fingerprint density at radius 3 is 1.74 bits per heavy atom. The third-order valence-electron chi connectivity index (χ3n) is 5.92. The first-order chi connectivity index (χ1) is 16.5. The minimum Gasteiger partial charge on any atom is -0.497 e. The SMILES string of the molecule is C=C(/C=C\NC)N(/C(C)=N/C)C(c1ccccc1)(c1ccc(OC)cc1)c1ccc(OC)cc1. The van der Waals surface area contributed by atoms with E-state index in [4.69, 9.17) is 9.47 Å². The topological polar surface area (TPSA) is 46.1 Å². The van der Waals surface area contributed by atoms with Gasteiger partial charge in [-0.2, -0.15) is 0 Å². The first kappa shape index (κ1) is 24.6. The number of ether oxygens (including phenoxy) is 2. The average Bonchev–Trinajstić information content (AvgIpc) is 2.90. The number of allylic oxidation sites excluding steroid dienone is 1. The zero-order valence-electron chi connectivity index (χ0n) is 20.6. The molecule has 0 saturated heterocycles. The minimum absolute atomic E-state index is 0.765. The number of aliphatic imine (C=N–C) groups is 1. The zero-order valence-corrected chi connectivity index (χ0v) is 20.6. The molecule has 0 saturated carbocycles.